The Morgan fingerprint density at radius 3 is 2.22 bits per heavy atom. The van der Waals surface area contributed by atoms with Crippen molar-refractivity contribution in [3.63, 3.8) is 0 Å². The Hall–Kier alpha value is -2.72. The second kappa shape index (κ2) is 7.49. The second-order valence-electron chi connectivity index (χ2n) is 6.69. The van der Waals surface area contributed by atoms with Gasteiger partial charge in [0.05, 0.1) is 18.3 Å². The molecule has 140 valence electrons. The lowest BCUT2D eigenvalue weighted by Crippen LogP contribution is -2.34. The number of benzene rings is 2. The minimum absolute atomic E-state index is 0.0396. The van der Waals surface area contributed by atoms with Gasteiger partial charge >= 0.3 is 17.9 Å². The zero-order valence-electron chi connectivity index (χ0n) is 14.4. The van der Waals surface area contributed by atoms with E-state index in [2.05, 4.69) is 9.24 Å². The summed E-state index contributed by atoms with van der Waals surface area (Å²) in [5.74, 6) is -6.86. The quantitative estimate of drug-likeness (QED) is 0.537. The third kappa shape index (κ3) is 3.71. The molecule has 6 nitrogen and oxygen atoms in total. The van der Waals surface area contributed by atoms with Crippen LogP contribution in [-0.2, 0) is 27.2 Å². The minimum Gasteiger partial charge on any atom is -0.481 e. The van der Waals surface area contributed by atoms with Crippen LogP contribution in [0.3, 0.4) is 0 Å². The van der Waals surface area contributed by atoms with Crippen LogP contribution in [0.4, 0.5) is 0 Å². The van der Waals surface area contributed by atoms with E-state index >= 15 is 0 Å². The number of aliphatic carboxylic acids is 3. The van der Waals surface area contributed by atoms with E-state index in [1.165, 1.54) is 5.56 Å². The average molecular weight is 386 g/mol. The summed E-state index contributed by atoms with van der Waals surface area (Å²) in [6.07, 6.45) is -0.0374. The summed E-state index contributed by atoms with van der Waals surface area (Å²) in [5, 5.41) is 28.7. The zero-order chi connectivity index (χ0) is 19.7. The number of hydrogen-bond acceptors (Lipinski definition) is 3. The Balaban J connectivity index is 1.94. The largest absolute Gasteiger partial charge is 0.481 e. The summed E-state index contributed by atoms with van der Waals surface area (Å²) < 4.78 is 0. The molecule has 0 radical (unpaired) electrons. The van der Waals surface area contributed by atoms with Gasteiger partial charge in [-0.25, -0.2) is 0 Å². The summed E-state index contributed by atoms with van der Waals surface area (Å²) in [7, 11) is 2.64. The Labute approximate surface area is 158 Å². The van der Waals surface area contributed by atoms with E-state index in [1.807, 2.05) is 30.3 Å². The Morgan fingerprint density at radius 2 is 1.59 bits per heavy atom. The van der Waals surface area contributed by atoms with Crippen LogP contribution in [0.25, 0.3) is 11.1 Å². The molecule has 2 aromatic rings. The normalized spacial score (nSPS) is 14.1. The number of hydrogen-bond donors (Lipinski definition) is 3. The third-order valence-corrected chi connectivity index (χ3v) is 5.80. The molecule has 0 aliphatic heterocycles. The van der Waals surface area contributed by atoms with Crippen LogP contribution in [0.15, 0.2) is 36.4 Å². The van der Waals surface area contributed by atoms with Crippen LogP contribution in [0.5, 0.6) is 0 Å². The van der Waals surface area contributed by atoms with Crippen molar-refractivity contribution in [1.82, 2.24) is 0 Å². The van der Waals surface area contributed by atoms with E-state index in [4.69, 9.17) is 5.11 Å². The van der Waals surface area contributed by atoms with E-state index in [0.717, 1.165) is 28.4 Å². The van der Waals surface area contributed by atoms with E-state index in [1.54, 1.807) is 6.07 Å². The van der Waals surface area contributed by atoms with Gasteiger partial charge in [-0.05, 0) is 46.0 Å². The van der Waals surface area contributed by atoms with Gasteiger partial charge in [-0.3, -0.25) is 14.4 Å². The van der Waals surface area contributed by atoms with Crippen LogP contribution < -0.4 is 5.30 Å². The molecule has 0 amide bonds. The summed E-state index contributed by atoms with van der Waals surface area (Å²) >= 11 is 0. The Bertz CT molecular complexity index is 936. The highest BCUT2D eigenvalue weighted by atomic mass is 31.0. The fourth-order valence-corrected chi connectivity index (χ4v) is 4.16. The third-order valence-electron chi connectivity index (χ3n) is 5.08. The van der Waals surface area contributed by atoms with Crippen LogP contribution in [0.1, 0.15) is 23.1 Å². The molecular weight excluding hydrogens is 367 g/mol. The van der Waals surface area contributed by atoms with Crippen LogP contribution >= 0.6 is 9.24 Å². The lowest BCUT2D eigenvalue weighted by Gasteiger charge is -2.21. The lowest BCUT2D eigenvalue weighted by molar-refractivity contribution is -0.157. The van der Waals surface area contributed by atoms with Gasteiger partial charge in [-0.1, -0.05) is 36.4 Å². The van der Waals surface area contributed by atoms with E-state index in [0.29, 0.717) is 5.56 Å². The first-order valence-corrected chi connectivity index (χ1v) is 9.03. The number of carbonyl (C=O) groups is 3. The maximum atomic E-state index is 11.7. The topological polar surface area (TPSA) is 112 Å². The molecule has 1 aliphatic carbocycles. The summed E-state index contributed by atoms with van der Waals surface area (Å²) in [6, 6.07) is 11.8. The zero-order valence-corrected chi connectivity index (χ0v) is 15.5. The first-order chi connectivity index (χ1) is 12.8. The van der Waals surface area contributed by atoms with Gasteiger partial charge in [0.15, 0.2) is 0 Å². The SMILES string of the molecule is O=C(O)CC(C(=O)O)C(Cc1ccc2c(c1P)Cc1ccccc1-2)C(=O)O. The number of fused-ring (bicyclic) bond motifs is 3. The Kier molecular flexibility index (Phi) is 5.29. The molecule has 0 bridgehead atoms. The maximum Gasteiger partial charge on any atom is 0.307 e. The van der Waals surface area contributed by atoms with Gasteiger partial charge in [0, 0.05) is 0 Å². The van der Waals surface area contributed by atoms with Crippen molar-refractivity contribution in [1.29, 1.82) is 0 Å². The second-order valence-corrected chi connectivity index (χ2v) is 7.27. The predicted molar refractivity (Wildman–Crippen MR) is 102 cm³/mol. The first kappa shape index (κ1) is 19.1. The van der Waals surface area contributed by atoms with E-state index in [9.17, 15) is 24.6 Å². The monoisotopic (exact) mass is 386 g/mol. The first-order valence-electron chi connectivity index (χ1n) is 8.45. The molecule has 3 atom stereocenters. The van der Waals surface area contributed by atoms with Crippen molar-refractivity contribution < 1.29 is 29.7 Å². The fourth-order valence-electron chi connectivity index (χ4n) is 3.69. The van der Waals surface area contributed by atoms with Crippen molar-refractivity contribution in [3.8, 4) is 11.1 Å². The van der Waals surface area contributed by atoms with Gasteiger partial charge in [0.2, 0.25) is 0 Å². The van der Waals surface area contributed by atoms with E-state index in [-0.39, 0.29) is 6.42 Å². The molecule has 0 spiro atoms. The van der Waals surface area contributed by atoms with Crippen molar-refractivity contribution in [3.05, 3.63) is 53.1 Å². The fraction of sp³-hybridized carbons (Fsp3) is 0.250. The molecule has 2 aromatic carbocycles. The molecule has 0 saturated heterocycles. The molecule has 0 fully saturated rings. The summed E-state index contributed by atoms with van der Waals surface area (Å²) in [5.41, 5.74) is 5.21. The molecular formula is C20H19O6P. The molecule has 3 rings (SSSR count). The molecule has 1 aliphatic rings. The van der Waals surface area contributed by atoms with Gasteiger partial charge in [0.1, 0.15) is 0 Å². The summed E-state index contributed by atoms with van der Waals surface area (Å²) in [6.45, 7) is 0. The predicted octanol–water partition coefficient (Wildman–Crippen LogP) is 2.18. The molecule has 7 heteroatoms. The number of carboxylic acids is 3. The van der Waals surface area contributed by atoms with Crippen molar-refractivity contribution >= 4 is 32.5 Å². The molecule has 3 N–H and O–H groups in total. The van der Waals surface area contributed by atoms with Crippen molar-refractivity contribution in [2.45, 2.75) is 19.3 Å². The van der Waals surface area contributed by atoms with Gasteiger partial charge in [0.25, 0.3) is 0 Å². The van der Waals surface area contributed by atoms with Gasteiger partial charge in [-0.15, -0.1) is 9.24 Å². The van der Waals surface area contributed by atoms with Crippen molar-refractivity contribution in [2.24, 2.45) is 11.8 Å². The lowest BCUT2D eigenvalue weighted by atomic mass is 9.84. The number of carboxylic acid groups (broad SMARTS) is 3. The number of rotatable bonds is 7. The maximum absolute atomic E-state index is 11.7. The Morgan fingerprint density at radius 1 is 0.926 bits per heavy atom. The molecule has 0 heterocycles. The highest BCUT2D eigenvalue weighted by molar-refractivity contribution is 7.27. The molecule has 0 saturated carbocycles. The standard InChI is InChI=1S/C20H19O6P/c21-17(22)9-16(20(25)26)15(19(23)24)8-11-5-6-13-12-4-2-1-3-10(12)7-14(13)18(11)27/h1-6,15-16H,7-9,27H2,(H,21,22)(H,23,24)(H,25,26). The molecule has 27 heavy (non-hydrogen) atoms. The van der Waals surface area contributed by atoms with Gasteiger partial charge in [-0.2, -0.15) is 0 Å². The molecule has 3 unspecified atom stereocenters. The van der Waals surface area contributed by atoms with Gasteiger partial charge < -0.3 is 15.3 Å². The highest BCUT2D eigenvalue weighted by Crippen LogP contribution is 2.37. The van der Waals surface area contributed by atoms with Crippen LogP contribution in [0, 0.1) is 11.8 Å². The van der Waals surface area contributed by atoms with E-state index < -0.39 is 36.2 Å². The smallest absolute Gasteiger partial charge is 0.307 e. The molecule has 0 aromatic heterocycles. The highest BCUT2D eigenvalue weighted by Gasteiger charge is 2.36. The summed E-state index contributed by atoms with van der Waals surface area (Å²) in [4.78, 5) is 34.1. The van der Waals surface area contributed by atoms with Crippen LogP contribution in [-0.4, -0.2) is 33.2 Å². The van der Waals surface area contributed by atoms with Crippen LogP contribution in [0.2, 0.25) is 0 Å². The minimum atomic E-state index is -1.49. The average Bonchev–Trinajstić information content (AvgIpc) is 2.98. The van der Waals surface area contributed by atoms with Crippen molar-refractivity contribution in [2.75, 3.05) is 0 Å².